The molecule has 0 bridgehead atoms. The normalized spacial score (nSPS) is 16.1. The number of H-pyrrole nitrogens is 1. The molecule has 0 aliphatic carbocycles. The number of hydrogen-bond acceptors (Lipinski definition) is 4. The van der Waals surface area contributed by atoms with Crippen LogP contribution in [0.3, 0.4) is 0 Å². The number of nitrogens with zero attached hydrogens (tertiary/aromatic N) is 3. The quantitative estimate of drug-likeness (QED) is 0.805. The molecule has 2 aromatic heterocycles. The summed E-state index contributed by atoms with van der Waals surface area (Å²) in [5.74, 6) is 0.0701. The van der Waals surface area contributed by atoms with Gasteiger partial charge in [0.2, 0.25) is 0 Å². The van der Waals surface area contributed by atoms with Gasteiger partial charge in [-0.3, -0.25) is 19.2 Å². The van der Waals surface area contributed by atoms with Gasteiger partial charge in [-0.05, 0) is 32.8 Å². The minimum absolute atomic E-state index is 0.0824. The zero-order valence-corrected chi connectivity index (χ0v) is 15.0. The standard InChI is InChI=1S/C18H25N5O2/c1-12-8-16(13(2)20-12)17(24)11-23-6-4-15(5-7-23)21-18(25)14-9-19-22(3)10-14/h8-10,15,20H,4-7,11H2,1-3H3,(H,21,25). The zero-order valence-electron chi connectivity index (χ0n) is 15.0. The molecule has 0 spiro atoms. The molecular weight excluding hydrogens is 318 g/mol. The lowest BCUT2D eigenvalue weighted by atomic mass is 10.0. The van der Waals surface area contributed by atoms with Gasteiger partial charge in [0.25, 0.3) is 5.91 Å². The van der Waals surface area contributed by atoms with E-state index in [0.29, 0.717) is 12.1 Å². The second-order valence-electron chi connectivity index (χ2n) is 6.84. The molecule has 7 heteroatoms. The molecule has 25 heavy (non-hydrogen) atoms. The van der Waals surface area contributed by atoms with Gasteiger partial charge < -0.3 is 10.3 Å². The molecule has 1 fully saturated rings. The summed E-state index contributed by atoms with van der Waals surface area (Å²) in [6, 6.07) is 2.06. The fraction of sp³-hybridized carbons (Fsp3) is 0.500. The van der Waals surface area contributed by atoms with Crippen molar-refractivity contribution < 1.29 is 9.59 Å². The van der Waals surface area contributed by atoms with Crippen LogP contribution >= 0.6 is 0 Å². The highest BCUT2D eigenvalue weighted by Crippen LogP contribution is 2.15. The highest BCUT2D eigenvalue weighted by Gasteiger charge is 2.24. The summed E-state index contributed by atoms with van der Waals surface area (Å²) in [5, 5.41) is 7.08. The summed E-state index contributed by atoms with van der Waals surface area (Å²) in [6.07, 6.45) is 4.99. The highest BCUT2D eigenvalue weighted by atomic mass is 16.1. The third kappa shape index (κ3) is 4.17. The van der Waals surface area contributed by atoms with Crippen LogP contribution in [0.4, 0.5) is 0 Å². The number of hydrogen-bond donors (Lipinski definition) is 2. The molecule has 0 radical (unpaired) electrons. The summed E-state index contributed by atoms with van der Waals surface area (Å²) in [4.78, 5) is 30.0. The van der Waals surface area contributed by atoms with E-state index < -0.39 is 0 Å². The Morgan fingerprint density at radius 1 is 1.32 bits per heavy atom. The molecule has 1 amide bonds. The van der Waals surface area contributed by atoms with E-state index in [0.717, 1.165) is 42.9 Å². The number of Topliss-reactive ketones (excluding diaryl/α,β-unsaturated/α-hetero) is 1. The van der Waals surface area contributed by atoms with Gasteiger partial charge in [0.15, 0.2) is 5.78 Å². The Morgan fingerprint density at radius 3 is 2.60 bits per heavy atom. The SMILES string of the molecule is Cc1cc(C(=O)CN2CCC(NC(=O)c3cnn(C)c3)CC2)c(C)[nH]1. The number of aromatic amines is 1. The van der Waals surface area contributed by atoms with E-state index in [1.165, 1.54) is 0 Å². The van der Waals surface area contributed by atoms with Crippen LogP contribution in [0.15, 0.2) is 18.5 Å². The van der Waals surface area contributed by atoms with Crippen molar-refractivity contribution in [3.05, 3.63) is 41.0 Å². The minimum atomic E-state index is -0.0824. The molecule has 0 atom stereocenters. The molecular formula is C18H25N5O2. The van der Waals surface area contributed by atoms with Gasteiger partial charge in [-0.15, -0.1) is 0 Å². The Morgan fingerprint density at radius 2 is 2.04 bits per heavy atom. The van der Waals surface area contributed by atoms with Crippen molar-refractivity contribution in [2.24, 2.45) is 7.05 Å². The first kappa shape index (κ1) is 17.4. The van der Waals surface area contributed by atoms with Crippen molar-refractivity contribution in [2.45, 2.75) is 32.7 Å². The summed E-state index contributed by atoms with van der Waals surface area (Å²) in [5.41, 5.74) is 3.31. The lowest BCUT2D eigenvalue weighted by molar-refractivity contribution is 0.0858. The molecule has 2 aromatic rings. The predicted octanol–water partition coefficient (Wildman–Crippen LogP) is 1.44. The molecule has 0 aromatic carbocycles. The number of amides is 1. The van der Waals surface area contributed by atoms with Crippen LogP contribution in [0.2, 0.25) is 0 Å². The van der Waals surface area contributed by atoms with Crippen molar-refractivity contribution in [1.29, 1.82) is 0 Å². The number of carbonyl (C=O) groups excluding carboxylic acids is 2. The first-order valence-corrected chi connectivity index (χ1v) is 8.63. The summed E-state index contributed by atoms with van der Waals surface area (Å²) >= 11 is 0. The van der Waals surface area contributed by atoms with Gasteiger partial charge in [-0.2, -0.15) is 5.10 Å². The smallest absolute Gasteiger partial charge is 0.254 e. The molecule has 1 aliphatic heterocycles. The van der Waals surface area contributed by atoms with E-state index in [2.05, 4.69) is 20.3 Å². The molecule has 0 saturated carbocycles. The van der Waals surface area contributed by atoms with Crippen molar-refractivity contribution >= 4 is 11.7 Å². The van der Waals surface area contributed by atoms with Crippen LogP contribution in [0.5, 0.6) is 0 Å². The Balaban J connectivity index is 1.48. The van der Waals surface area contributed by atoms with Gasteiger partial charge in [-0.1, -0.05) is 0 Å². The van der Waals surface area contributed by atoms with E-state index in [4.69, 9.17) is 0 Å². The Labute approximate surface area is 147 Å². The van der Waals surface area contributed by atoms with Gasteiger partial charge >= 0.3 is 0 Å². The average molecular weight is 343 g/mol. The first-order valence-electron chi connectivity index (χ1n) is 8.63. The molecule has 134 valence electrons. The second-order valence-corrected chi connectivity index (χ2v) is 6.84. The van der Waals surface area contributed by atoms with Crippen LogP contribution < -0.4 is 5.32 Å². The number of piperidine rings is 1. The lowest BCUT2D eigenvalue weighted by Crippen LogP contribution is -2.45. The maximum Gasteiger partial charge on any atom is 0.254 e. The van der Waals surface area contributed by atoms with Crippen LogP contribution in [-0.2, 0) is 7.05 Å². The van der Waals surface area contributed by atoms with Crippen LogP contribution in [0.25, 0.3) is 0 Å². The van der Waals surface area contributed by atoms with E-state index >= 15 is 0 Å². The van der Waals surface area contributed by atoms with Gasteiger partial charge in [0, 0.05) is 49.3 Å². The van der Waals surface area contributed by atoms with Crippen molar-refractivity contribution in [2.75, 3.05) is 19.6 Å². The van der Waals surface area contributed by atoms with E-state index in [-0.39, 0.29) is 17.7 Å². The molecule has 1 saturated heterocycles. The largest absolute Gasteiger partial charge is 0.362 e. The van der Waals surface area contributed by atoms with Crippen molar-refractivity contribution in [1.82, 2.24) is 25.0 Å². The number of nitrogens with one attached hydrogen (secondary N) is 2. The maximum absolute atomic E-state index is 12.5. The molecule has 3 heterocycles. The third-order valence-corrected chi connectivity index (χ3v) is 4.71. The van der Waals surface area contributed by atoms with Gasteiger partial charge in [0.1, 0.15) is 0 Å². The maximum atomic E-state index is 12.5. The Kier molecular flexibility index (Phi) is 5.03. The lowest BCUT2D eigenvalue weighted by Gasteiger charge is -2.31. The van der Waals surface area contributed by atoms with Crippen LogP contribution in [0.1, 0.15) is 44.9 Å². The summed E-state index contributed by atoms with van der Waals surface area (Å²) in [7, 11) is 1.79. The van der Waals surface area contributed by atoms with Crippen LogP contribution in [-0.4, -0.2) is 57.0 Å². The average Bonchev–Trinajstić information content (AvgIpc) is 3.14. The number of ketones is 1. The molecule has 1 aliphatic rings. The number of aryl methyl sites for hydroxylation is 3. The molecule has 3 rings (SSSR count). The molecule has 2 N–H and O–H groups in total. The Bertz CT molecular complexity index is 768. The van der Waals surface area contributed by atoms with Crippen LogP contribution in [0, 0.1) is 13.8 Å². The summed E-state index contributed by atoms with van der Waals surface area (Å²) < 4.78 is 1.62. The first-order chi connectivity index (χ1) is 11.9. The van der Waals surface area contributed by atoms with E-state index in [1.54, 1.807) is 24.1 Å². The fourth-order valence-corrected chi connectivity index (χ4v) is 3.34. The predicted molar refractivity (Wildman–Crippen MR) is 94.7 cm³/mol. The zero-order chi connectivity index (χ0) is 18.0. The monoisotopic (exact) mass is 343 g/mol. The third-order valence-electron chi connectivity index (χ3n) is 4.71. The van der Waals surface area contributed by atoms with Crippen molar-refractivity contribution in [3.8, 4) is 0 Å². The van der Waals surface area contributed by atoms with Gasteiger partial charge in [0.05, 0.1) is 18.3 Å². The van der Waals surface area contributed by atoms with E-state index in [9.17, 15) is 9.59 Å². The number of rotatable bonds is 5. The molecule has 7 nitrogen and oxygen atoms in total. The fourth-order valence-electron chi connectivity index (χ4n) is 3.34. The summed E-state index contributed by atoms with van der Waals surface area (Å²) in [6.45, 7) is 5.94. The number of aromatic nitrogens is 3. The minimum Gasteiger partial charge on any atom is -0.362 e. The topological polar surface area (TPSA) is 83.0 Å². The van der Waals surface area contributed by atoms with Crippen molar-refractivity contribution in [3.63, 3.8) is 0 Å². The number of likely N-dealkylation sites (tertiary alicyclic amines) is 1. The second kappa shape index (κ2) is 7.23. The number of carbonyl (C=O) groups is 2. The van der Waals surface area contributed by atoms with Gasteiger partial charge in [-0.25, -0.2) is 0 Å². The molecule has 0 unspecified atom stereocenters. The Hall–Kier alpha value is -2.41. The highest BCUT2D eigenvalue weighted by molar-refractivity contribution is 5.99. The van der Waals surface area contributed by atoms with E-state index in [1.807, 2.05) is 19.9 Å².